The Balaban J connectivity index is 2.07. The molecule has 170 valence electrons. The van der Waals surface area contributed by atoms with Crippen LogP contribution in [0.25, 0.3) is 10.8 Å². The number of carbonyl (C=O) groups is 1. The molecule has 0 radical (unpaired) electrons. The van der Waals surface area contributed by atoms with Crippen molar-refractivity contribution < 1.29 is 13.2 Å². The van der Waals surface area contributed by atoms with E-state index in [9.17, 15) is 18.0 Å². The topological polar surface area (TPSA) is 101 Å². The van der Waals surface area contributed by atoms with E-state index >= 15 is 0 Å². The lowest BCUT2D eigenvalue weighted by molar-refractivity contribution is 0.102. The van der Waals surface area contributed by atoms with Crippen LogP contribution >= 0.6 is 11.6 Å². The molecule has 1 amide bonds. The summed E-state index contributed by atoms with van der Waals surface area (Å²) in [6, 6.07) is 10.8. The first-order valence-corrected chi connectivity index (χ1v) is 12.1. The summed E-state index contributed by atoms with van der Waals surface area (Å²) in [6.45, 7) is 7.65. The van der Waals surface area contributed by atoms with Crippen LogP contribution in [0.15, 0.2) is 52.2 Å². The van der Waals surface area contributed by atoms with Crippen LogP contribution < -0.4 is 10.9 Å². The Morgan fingerprint density at radius 2 is 1.75 bits per heavy atom. The molecule has 10 heteroatoms. The fourth-order valence-corrected chi connectivity index (χ4v) is 5.35. The van der Waals surface area contributed by atoms with Crippen molar-refractivity contribution >= 4 is 44.0 Å². The van der Waals surface area contributed by atoms with Crippen molar-refractivity contribution in [2.45, 2.75) is 38.6 Å². The van der Waals surface area contributed by atoms with Crippen molar-refractivity contribution in [3.63, 3.8) is 0 Å². The van der Waals surface area contributed by atoms with Crippen molar-refractivity contribution in [3.8, 4) is 0 Å². The molecule has 0 atom stereocenters. The zero-order chi connectivity index (χ0) is 23.6. The molecule has 32 heavy (non-hydrogen) atoms. The van der Waals surface area contributed by atoms with Gasteiger partial charge in [0.1, 0.15) is 4.90 Å². The Morgan fingerprint density at radius 3 is 2.34 bits per heavy atom. The van der Waals surface area contributed by atoms with Crippen LogP contribution in [0, 0.1) is 0 Å². The van der Waals surface area contributed by atoms with Gasteiger partial charge in [-0.25, -0.2) is 13.1 Å². The number of sulfonamides is 1. The normalized spacial score (nSPS) is 12.0. The number of anilines is 1. The van der Waals surface area contributed by atoms with E-state index in [1.165, 1.54) is 27.2 Å². The highest BCUT2D eigenvalue weighted by Gasteiger charge is 2.25. The molecular weight excluding hydrogens is 452 g/mol. The first-order chi connectivity index (χ1) is 15.1. The summed E-state index contributed by atoms with van der Waals surface area (Å²) in [5.74, 6) is -0.566. The molecular formula is C22H25ClN4O4S. The summed E-state index contributed by atoms with van der Waals surface area (Å²) in [4.78, 5) is 25.7. The van der Waals surface area contributed by atoms with Crippen LogP contribution in [0.4, 0.5) is 5.69 Å². The first-order valence-electron chi connectivity index (χ1n) is 10.2. The van der Waals surface area contributed by atoms with Crippen LogP contribution in [0.5, 0.6) is 0 Å². The molecule has 0 spiro atoms. The third-order valence-corrected chi connectivity index (χ3v) is 7.58. The Labute approximate surface area is 191 Å². The van der Waals surface area contributed by atoms with Gasteiger partial charge in [0.2, 0.25) is 10.0 Å². The molecule has 1 aromatic heterocycles. The highest BCUT2D eigenvalue weighted by atomic mass is 35.5. The van der Waals surface area contributed by atoms with Gasteiger partial charge in [-0.1, -0.05) is 43.6 Å². The molecule has 0 saturated heterocycles. The SMILES string of the molecule is CCN(CC)S(=O)(=O)c1cc(NC(=O)c2nn(C(C)C)c(=O)c3ccccc23)ccc1Cl. The summed E-state index contributed by atoms with van der Waals surface area (Å²) >= 11 is 6.17. The lowest BCUT2D eigenvalue weighted by atomic mass is 10.1. The number of nitrogens with one attached hydrogen (secondary N) is 1. The number of hydrogen-bond donors (Lipinski definition) is 1. The quantitative estimate of drug-likeness (QED) is 0.557. The molecule has 0 unspecified atom stereocenters. The maximum Gasteiger partial charge on any atom is 0.276 e. The standard InChI is InChI=1S/C22H25ClN4O4S/c1-5-26(6-2)32(30,31)19-13-15(11-12-18(19)23)24-21(28)20-16-9-7-8-10-17(16)22(29)27(25-20)14(3)4/h7-14H,5-6H2,1-4H3,(H,24,28). The van der Waals surface area contributed by atoms with Crippen molar-refractivity contribution in [2.24, 2.45) is 0 Å². The van der Waals surface area contributed by atoms with Gasteiger partial charge in [-0.05, 0) is 38.1 Å². The van der Waals surface area contributed by atoms with Gasteiger partial charge in [0.25, 0.3) is 11.5 Å². The van der Waals surface area contributed by atoms with Gasteiger partial charge in [0.15, 0.2) is 5.69 Å². The van der Waals surface area contributed by atoms with E-state index in [2.05, 4.69) is 10.4 Å². The molecule has 3 rings (SSSR count). The van der Waals surface area contributed by atoms with Crippen LogP contribution in [-0.2, 0) is 10.0 Å². The van der Waals surface area contributed by atoms with E-state index in [1.54, 1.807) is 52.0 Å². The van der Waals surface area contributed by atoms with E-state index in [1.807, 2.05) is 0 Å². The molecule has 0 bridgehead atoms. The maximum absolute atomic E-state index is 13.1. The summed E-state index contributed by atoms with van der Waals surface area (Å²) < 4.78 is 28.4. The first kappa shape index (κ1) is 23.9. The second kappa shape index (κ2) is 9.40. The average Bonchev–Trinajstić information content (AvgIpc) is 2.75. The molecule has 0 fully saturated rings. The highest BCUT2D eigenvalue weighted by Crippen LogP contribution is 2.28. The molecule has 0 saturated carbocycles. The fourth-order valence-electron chi connectivity index (χ4n) is 3.40. The monoisotopic (exact) mass is 476 g/mol. The van der Waals surface area contributed by atoms with Crippen LogP contribution in [0.3, 0.4) is 0 Å². The summed E-state index contributed by atoms with van der Waals surface area (Å²) in [7, 11) is -3.82. The Bertz CT molecular complexity index is 1330. The lowest BCUT2D eigenvalue weighted by Gasteiger charge is -2.20. The van der Waals surface area contributed by atoms with Crippen molar-refractivity contribution in [2.75, 3.05) is 18.4 Å². The number of halogens is 1. The highest BCUT2D eigenvalue weighted by molar-refractivity contribution is 7.89. The minimum atomic E-state index is -3.82. The lowest BCUT2D eigenvalue weighted by Crippen LogP contribution is -2.31. The molecule has 3 aromatic rings. The number of aromatic nitrogens is 2. The number of fused-ring (bicyclic) bond motifs is 1. The van der Waals surface area contributed by atoms with E-state index in [4.69, 9.17) is 11.6 Å². The van der Waals surface area contributed by atoms with Crippen molar-refractivity contribution in [3.05, 3.63) is 63.5 Å². The van der Waals surface area contributed by atoms with E-state index in [0.717, 1.165) is 0 Å². The number of benzene rings is 2. The number of amides is 1. The average molecular weight is 477 g/mol. The van der Waals surface area contributed by atoms with Gasteiger partial charge >= 0.3 is 0 Å². The van der Waals surface area contributed by atoms with Gasteiger partial charge in [0, 0.05) is 24.2 Å². The molecule has 1 heterocycles. The van der Waals surface area contributed by atoms with Crippen molar-refractivity contribution in [1.29, 1.82) is 0 Å². The maximum atomic E-state index is 13.1. The van der Waals surface area contributed by atoms with E-state index < -0.39 is 15.9 Å². The summed E-state index contributed by atoms with van der Waals surface area (Å²) in [5, 5.41) is 7.82. The van der Waals surface area contributed by atoms with Gasteiger partial charge in [-0.15, -0.1) is 0 Å². The van der Waals surface area contributed by atoms with Gasteiger partial charge in [-0.2, -0.15) is 9.40 Å². The minimum absolute atomic E-state index is 0.0619. The predicted molar refractivity (Wildman–Crippen MR) is 126 cm³/mol. The predicted octanol–water partition coefficient (Wildman–Crippen LogP) is 3.91. The Kier molecular flexibility index (Phi) is 7.02. The third-order valence-electron chi connectivity index (χ3n) is 5.04. The van der Waals surface area contributed by atoms with E-state index in [0.29, 0.717) is 23.9 Å². The van der Waals surface area contributed by atoms with Crippen molar-refractivity contribution in [1.82, 2.24) is 14.1 Å². The number of carbonyl (C=O) groups excluding carboxylic acids is 1. The Morgan fingerprint density at radius 1 is 1.12 bits per heavy atom. The minimum Gasteiger partial charge on any atom is -0.321 e. The smallest absolute Gasteiger partial charge is 0.276 e. The second-order valence-electron chi connectivity index (χ2n) is 7.43. The second-order valence-corrected chi connectivity index (χ2v) is 9.74. The number of nitrogens with zero attached hydrogens (tertiary/aromatic N) is 3. The largest absolute Gasteiger partial charge is 0.321 e. The van der Waals surface area contributed by atoms with Gasteiger partial charge < -0.3 is 5.32 Å². The molecule has 1 N–H and O–H groups in total. The van der Waals surface area contributed by atoms with Crippen LogP contribution in [0.2, 0.25) is 5.02 Å². The van der Waals surface area contributed by atoms with Gasteiger partial charge in [-0.3, -0.25) is 9.59 Å². The number of hydrogen-bond acceptors (Lipinski definition) is 5. The molecule has 0 aliphatic heterocycles. The summed E-state index contributed by atoms with van der Waals surface area (Å²) in [6.07, 6.45) is 0. The molecule has 2 aromatic carbocycles. The van der Waals surface area contributed by atoms with Crippen LogP contribution in [0.1, 0.15) is 44.2 Å². The molecule has 0 aliphatic rings. The van der Waals surface area contributed by atoms with E-state index in [-0.39, 0.29) is 32.9 Å². The molecule has 8 nitrogen and oxygen atoms in total. The fraction of sp³-hybridized carbons (Fsp3) is 0.318. The molecule has 0 aliphatic carbocycles. The number of rotatable bonds is 7. The third kappa shape index (κ3) is 4.41. The Hall–Kier alpha value is -2.75. The zero-order valence-corrected chi connectivity index (χ0v) is 19.9. The van der Waals surface area contributed by atoms with Gasteiger partial charge in [0.05, 0.1) is 16.5 Å². The zero-order valence-electron chi connectivity index (χ0n) is 18.3. The summed E-state index contributed by atoms with van der Waals surface area (Å²) in [5.41, 5.74) is 0.0292. The van der Waals surface area contributed by atoms with Crippen LogP contribution in [-0.4, -0.2) is 41.5 Å².